The molecule has 1 amide bonds. The number of amides is 1. The predicted molar refractivity (Wildman–Crippen MR) is 131 cm³/mol. The normalized spacial score (nSPS) is 11.7. The molecule has 4 aromatic rings. The van der Waals surface area contributed by atoms with Crippen molar-refractivity contribution in [2.24, 2.45) is 0 Å². The molecule has 0 aliphatic carbocycles. The van der Waals surface area contributed by atoms with E-state index in [1.165, 1.54) is 11.8 Å². The number of nitrogens with zero attached hydrogens (tertiary/aromatic N) is 5. The van der Waals surface area contributed by atoms with Crippen LogP contribution in [0.3, 0.4) is 0 Å². The molecule has 2 aromatic heterocycles. The van der Waals surface area contributed by atoms with Gasteiger partial charge >= 0.3 is 0 Å². The molecule has 34 heavy (non-hydrogen) atoms. The van der Waals surface area contributed by atoms with Crippen molar-refractivity contribution in [3.8, 4) is 17.7 Å². The van der Waals surface area contributed by atoms with Crippen molar-refractivity contribution in [2.45, 2.75) is 31.6 Å². The second kappa shape index (κ2) is 10.9. The molecular weight excluding hydrogens is 446 g/mol. The Kier molecular flexibility index (Phi) is 7.45. The molecule has 172 valence electrons. The first kappa shape index (κ1) is 23.3. The van der Waals surface area contributed by atoms with Crippen LogP contribution in [-0.2, 0) is 11.3 Å². The van der Waals surface area contributed by atoms with Gasteiger partial charge in [0.15, 0.2) is 10.9 Å². The monoisotopic (exact) mass is 471 g/mol. The highest BCUT2D eigenvalue weighted by molar-refractivity contribution is 7.99. The lowest BCUT2D eigenvalue weighted by Gasteiger charge is -2.28. The minimum atomic E-state index is -0.105. The van der Waals surface area contributed by atoms with E-state index in [1.807, 2.05) is 77.9 Å². The van der Waals surface area contributed by atoms with Gasteiger partial charge in [-0.25, -0.2) is 0 Å². The number of rotatable bonds is 9. The number of hydrogen-bond acceptors (Lipinski definition) is 6. The molecule has 1 unspecified atom stereocenters. The largest absolute Gasteiger partial charge is 0.461 e. The Bertz CT molecular complexity index is 1260. The van der Waals surface area contributed by atoms with Gasteiger partial charge in [0, 0.05) is 6.54 Å². The number of nitriles is 1. The molecule has 0 saturated heterocycles. The summed E-state index contributed by atoms with van der Waals surface area (Å²) in [6.45, 7) is 5.12. The smallest absolute Gasteiger partial charge is 0.233 e. The molecule has 1 atom stereocenters. The summed E-state index contributed by atoms with van der Waals surface area (Å²) in [5.41, 5.74) is 2.70. The molecule has 0 fully saturated rings. The molecule has 4 rings (SSSR count). The Labute approximate surface area is 203 Å². The second-order valence-electron chi connectivity index (χ2n) is 7.73. The first-order chi connectivity index (χ1) is 16.6. The standard InChI is InChI=1S/C26H25N5O2S/c1-3-30(19(2)22-13-11-20(16-27)12-14-22)24(32)18-34-26-29-28-25(23-10-7-15-33-23)31(26)17-21-8-5-4-6-9-21/h4-15,19H,3,17-18H2,1-2H3. The van der Waals surface area contributed by atoms with E-state index >= 15 is 0 Å². The van der Waals surface area contributed by atoms with Gasteiger partial charge in [0.2, 0.25) is 11.7 Å². The fourth-order valence-electron chi connectivity index (χ4n) is 3.78. The lowest BCUT2D eigenvalue weighted by molar-refractivity contribution is -0.130. The van der Waals surface area contributed by atoms with Gasteiger partial charge in [0.25, 0.3) is 0 Å². The zero-order valence-corrected chi connectivity index (χ0v) is 19.9. The van der Waals surface area contributed by atoms with Gasteiger partial charge in [-0.1, -0.05) is 54.2 Å². The summed E-state index contributed by atoms with van der Waals surface area (Å²) in [4.78, 5) is 15.0. The number of carbonyl (C=O) groups is 1. The summed E-state index contributed by atoms with van der Waals surface area (Å²) in [6, 6.07) is 23.1. The Morgan fingerprint density at radius 2 is 1.88 bits per heavy atom. The number of carbonyl (C=O) groups excluding carboxylic acids is 1. The van der Waals surface area contributed by atoms with E-state index in [1.54, 1.807) is 18.4 Å². The molecule has 0 radical (unpaired) electrons. The Hall–Kier alpha value is -3.83. The van der Waals surface area contributed by atoms with Crippen LogP contribution in [0.4, 0.5) is 0 Å². The summed E-state index contributed by atoms with van der Waals surface area (Å²) < 4.78 is 7.54. The van der Waals surface area contributed by atoms with Crippen molar-refractivity contribution in [2.75, 3.05) is 12.3 Å². The third-order valence-electron chi connectivity index (χ3n) is 5.62. The molecule has 2 heterocycles. The Balaban J connectivity index is 1.51. The fourth-order valence-corrected chi connectivity index (χ4v) is 4.61. The quantitative estimate of drug-likeness (QED) is 0.313. The van der Waals surface area contributed by atoms with Crippen LogP contribution in [0.25, 0.3) is 11.6 Å². The van der Waals surface area contributed by atoms with Crippen molar-refractivity contribution >= 4 is 17.7 Å². The van der Waals surface area contributed by atoms with E-state index in [2.05, 4.69) is 16.3 Å². The average Bonchev–Trinajstić information content (AvgIpc) is 3.54. The van der Waals surface area contributed by atoms with Gasteiger partial charge in [-0.2, -0.15) is 5.26 Å². The van der Waals surface area contributed by atoms with Gasteiger partial charge in [-0.3, -0.25) is 9.36 Å². The highest BCUT2D eigenvalue weighted by Gasteiger charge is 2.22. The van der Waals surface area contributed by atoms with Crippen LogP contribution in [0, 0.1) is 11.3 Å². The molecule has 0 aliphatic rings. The van der Waals surface area contributed by atoms with Crippen molar-refractivity contribution < 1.29 is 9.21 Å². The number of benzene rings is 2. The van der Waals surface area contributed by atoms with Crippen LogP contribution in [0.5, 0.6) is 0 Å². The summed E-state index contributed by atoms with van der Waals surface area (Å²) >= 11 is 1.37. The molecular formula is C26H25N5O2S. The molecule has 2 aromatic carbocycles. The predicted octanol–water partition coefficient (Wildman–Crippen LogP) is 5.16. The van der Waals surface area contributed by atoms with Crippen molar-refractivity contribution in [3.63, 3.8) is 0 Å². The maximum Gasteiger partial charge on any atom is 0.233 e. The first-order valence-electron chi connectivity index (χ1n) is 11.0. The molecule has 8 heteroatoms. The van der Waals surface area contributed by atoms with Crippen LogP contribution in [-0.4, -0.2) is 37.9 Å². The zero-order chi connectivity index (χ0) is 23.9. The summed E-state index contributed by atoms with van der Waals surface area (Å²) in [5, 5.41) is 18.4. The molecule has 7 nitrogen and oxygen atoms in total. The lowest BCUT2D eigenvalue weighted by atomic mass is 10.1. The summed E-state index contributed by atoms with van der Waals surface area (Å²) in [6.07, 6.45) is 1.61. The van der Waals surface area contributed by atoms with Crippen molar-refractivity contribution in [1.82, 2.24) is 19.7 Å². The Morgan fingerprint density at radius 3 is 2.53 bits per heavy atom. The third-order valence-corrected chi connectivity index (χ3v) is 6.57. The van der Waals surface area contributed by atoms with Crippen molar-refractivity contribution in [3.05, 3.63) is 89.7 Å². The van der Waals surface area contributed by atoms with Gasteiger partial charge in [-0.05, 0) is 49.2 Å². The van der Waals surface area contributed by atoms with Crippen LogP contribution in [0.2, 0.25) is 0 Å². The highest BCUT2D eigenvalue weighted by atomic mass is 32.2. The minimum Gasteiger partial charge on any atom is -0.461 e. The maximum atomic E-state index is 13.2. The van der Waals surface area contributed by atoms with Crippen LogP contribution in [0.1, 0.15) is 36.6 Å². The summed E-state index contributed by atoms with van der Waals surface area (Å²) in [5.74, 6) is 1.51. The van der Waals surface area contributed by atoms with Crippen LogP contribution >= 0.6 is 11.8 Å². The van der Waals surface area contributed by atoms with Gasteiger partial charge in [-0.15, -0.1) is 10.2 Å². The number of aromatic nitrogens is 3. The van der Waals surface area contributed by atoms with E-state index < -0.39 is 0 Å². The molecule has 0 spiro atoms. The van der Waals surface area contributed by atoms with E-state index in [-0.39, 0.29) is 17.7 Å². The maximum absolute atomic E-state index is 13.2. The number of furan rings is 1. The molecule has 0 saturated carbocycles. The first-order valence-corrected chi connectivity index (χ1v) is 12.0. The third kappa shape index (κ3) is 5.21. The van der Waals surface area contributed by atoms with Gasteiger partial charge in [0.1, 0.15) is 0 Å². The van der Waals surface area contributed by atoms with Crippen LogP contribution in [0.15, 0.2) is 82.6 Å². The lowest BCUT2D eigenvalue weighted by Crippen LogP contribution is -2.34. The van der Waals surface area contributed by atoms with E-state index in [4.69, 9.17) is 9.68 Å². The fraction of sp³-hybridized carbons (Fsp3) is 0.231. The van der Waals surface area contributed by atoms with Crippen molar-refractivity contribution in [1.29, 1.82) is 5.26 Å². The van der Waals surface area contributed by atoms with Crippen LogP contribution < -0.4 is 0 Å². The van der Waals surface area contributed by atoms with Gasteiger partial charge in [0.05, 0.1) is 36.2 Å². The highest BCUT2D eigenvalue weighted by Crippen LogP contribution is 2.27. The molecule has 0 bridgehead atoms. The van der Waals surface area contributed by atoms with E-state index in [0.717, 1.165) is 11.1 Å². The number of hydrogen-bond donors (Lipinski definition) is 0. The van der Waals surface area contributed by atoms with E-state index in [0.29, 0.717) is 35.4 Å². The number of thioether (sulfide) groups is 1. The molecule has 0 N–H and O–H groups in total. The topological polar surface area (TPSA) is 87.9 Å². The SMILES string of the molecule is CCN(C(=O)CSc1nnc(-c2ccco2)n1Cc1ccccc1)C(C)c1ccc(C#N)cc1. The molecule has 0 aliphatic heterocycles. The Morgan fingerprint density at radius 1 is 1.12 bits per heavy atom. The minimum absolute atomic E-state index is 0.0122. The average molecular weight is 472 g/mol. The van der Waals surface area contributed by atoms with Gasteiger partial charge < -0.3 is 9.32 Å². The second-order valence-corrected chi connectivity index (χ2v) is 8.68. The van der Waals surface area contributed by atoms with E-state index in [9.17, 15) is 4.79 Å². The zero-order valence-electron chi connectivity index (χ0n) is 19.1. The summed E-state index contributed by atoms with van der Waals surface area (Å²) in [7, 11) is 0.